The van der Waals surface area contributed by atoms with E-state index in [-0.39, 0.29) is 6.04 Å². The summed E-state index contributed by atoms with van der Waals surface area (Å²) < 4.78 is 11.6. The highest BCUT2D eigenvalue weighted by Crippen LogP contribution is 2.40. The quantitative estimate of drug-likeness (QED) is 0.914. The van der Waals surface area contributed by atoms with Gasteiger partial charge in [0, 0.05) is 31.7 Å². The van der Waals surface area contributed by atoms with Gasteiger partial charge in [-0.2, -0.15) is 0 Å². The Kier molecular flexibility index (Phi) is 4.86. The van der Waals surface area contributed by atoms with Gasteiger partial charge in [-0.15, -0.1) is 0 Å². The van der Waals surface area contributed by atoms with Crippen molar-refractivity contribution in [1.29, 1.82) is 0 Å². The summed E-state index contributed by atoms with van der Waals surface area (Å²) in [6.45, 7) is 10.4. The number of piperazine rings is 1. The van der Waals surface area contributed by atoms with Crippen molar-refractivity contribution in [3.63, 3.8) is 0 Å². The SMILES string of the molecule is CCOc1cccc2c1OCC(N1CCN(CC)CC1)C2O. The highest BCUT2D eigenvalue weighted by molar-refractivity contribution is 5.49. The number of aliphatic hydroxyl groups excluding tert-OH is 1. The van der Waals surface area contributed by atoms with E-state index in [4.69, 9.17) is 9.47 Å². The lowest BCUT2D eigenvalue weighted by molar-refractivity contribution is -0.0174. The maximum absolute atomic E-state index is 10.8. The van der Waals surface area contributed by atoms with E-state index in [2.05, 4.69) is 16.7 Å². The van der Waals surface area contributed by atoms with Gasteiger partial charge < -0.3 is 19.5 Å². The molecule has 1 N–H and O–H groups in total. The van der Waals surface area contributed by atoms with E-state index in [9.17, 15) is 5.11 Å². The fourth-order valence-electron chi connectivity index (χ4n) is 3.37. The minimum absolute atomic E-state index is 0.0309. The van der Waals surface area contributed by atoms with Crippen molar-refractivity contribution in [2.75, 3.05) is 45.9 Å². The van der Waals surface area contributed by atoms with E-state index in [1.165, 1.54) is 0 Å². The number of benzene rings is 1. The van der Waals surface area contributed by atoms with Crippen LogP contribution in [0.1, 0.15) is 25.5 Å². The number of para-hydroxylation sites is 1. The summed E-state index contributed by atoms with van der Waals surface area (Å²) in [7, 11) is 0. The van der Waals surface area contributed by atoms with Gasteiger partial charge in [-0.05, 0) is 19.5 Å². The first-order chi connectivity index (χ1) is 10.7. The van der Waals surface area contributed by atoms with Gasteiger partial charge in [0.2, 0.25) is 0 Å². The molecule has 22 heavy (non-hydrogen) atoms. The maximum atomic E-state index is 10.8. The van der Waals surface area contributed by atoms with Gasteiger partial charge in [-0.1, -0.05) is 19.1 Å². The Hall–Kier alpha value is -1.30. The molecule has 0 amide bonds. The molecule has 1 aromatic rings. The Morgan fingerprint density at radius 1 is 1.23 bits per heavy atom. The standard InChI is InChI=1S/C17H26N2O3/c1-3-18-8-10-19(11-9-18)14-12-22-17-13(16(14)20)6-5-7-15(17)21-4-2/h5-7,14,16,20H,3-4,8-12H2,1-2H3. The van der Waals surface area contributed by atoms with Gasteiger partial charge >= 0.3 is 0 Å². The lowest BCUT2D eigenvalue weighted by Crippen LogP contribution is -2.54. The first-order valence-corrected chi connectivity index (χ1v) is 8.27. The summed E-state index contributed by atoms with van der Waals surface area (Å²) in [5, 5.41) is 10.8. The zero-order valence-corrected chi connectivity index (χ0v) is 13.5. The Morgan fingerprint density at radius 3 is 2.68 bits per heavy atom. The van der Waals surface area contributed by atoms with Gasteiger partial charge in [0.25, 0.3) is 0 Å². The van der Waals surface area contributed by atoms with E-state index in [0.29, 0.717) is 19.0 Å². The van der Waals surface area contributed by atoms with Crippen LogP contribution in [-0.2, 0) is 0 Å². The van der Waals surface area contributed by atoms with E-state index >= 15 is 0 Å². The lowest BCUT2D eigenvalue weighted by Gasteiger charge is -2.42. The molecule has 0 aliphatic carbocycles. The second-order valence-electron chi connectivity index (χ2n) is 5.90. The Bertz CT molecular complexity index is 501. The average molecular weight is 306 g/mol. The van der Waals surface area contributed by atoms with Crippen LogP contribution in [0.5, 0.6) is 11.5 Å². The van der Waals surface area contributed by atoms with Crippen molar-refractivity contribution in [3.8, 4) is 11.5 Å². The summed E-state index contributed by atoms with van der Waals surface area (Å²) in [5.74, 6) is 1.44. The number of fused-ring (bicyclic) bond motifs is 1. The van der Waals surface area contributed by atoms with Crippen molar-refractivity contribution in [1.82, 2.24) is 9.80 Å². The molecule has 2 aliphatic rings. The normalized spacial score (nSPS) is 26.3. The van der Waals surface area contributed by atoms with E-state index in [1.54, 1.807) is 0 Å². The van der Waals surface area contributed by atoms with Crippen LogP contribution < -0.4 is 9.47 Å². The van der Waals surface area contributed by atoms with Crippen LogP contribution in [0.15, 0.2) is 18.2 Å². The van der Waals surface area contributed by atoms with Crippen LogP contribution in [-0.4, -0.2) is 66.9 Å². The number of likely N-dealkylation sites (N-methyl/N-ethyl adjacent to an activating group) is 1. The zero-order chi connectivity index (χ0) is 15.5. The molecule has 1 saturated heterocycles. The predicted octanol–water partition coefficient (Wildman–Crippen LogP) is 1.52. The number of ether oxygens (including phenoxy) is 2. The van der Waals surface area contributed by atoms with Crippen LogP contribution in [0.2, 0.25) is 0 Å². The molecule has 122 valence electrons. The van der Waals surface area contributed by atoms with Crippen LogP contribution >= 0.6 is 0 Å². The number of nitrogens with zero attached hydrogens (tertiary/aromatic N) is 2. The third-order valence-electron chi connectivity index (χ3n) is 4.71. The average Bonchev–Trinajstić information content (AvgIpc) is 2.56. The van der Waals surface area contributed by atoms with Gasteiger partial charge in [-0.3, -0.25) is 4.90 Å². The minimum atomic E-state index is -0.516. The molecule has 3 rings (SSSR count). The molecule has 0 bridgehead atoms. The summed E-state index contributed by atoms with van der Waals surface area (Å²) in [5.41, 5.74) is 0.847. The summed E-state index contributed by atoms with van der Waals surface area (Å²) in [4.78, 5) is 4.79. The summed E-state index contributed by atoms with van der Waals surface area (Å²) >= 11 is 0. The fourth-order valence-corrected chi connectivity index (χ4v) is 3.37. The molecule has 2 heterocycles. The van der Waals surface area contributed by atoms with Gasteiger partial charge in [0.1, 0.15) is 12.7 Å². The van der Waals surface area contributed by atoms with Crippen LogP contribution in [0, 0.1) is 0 Å². The summed E-state index contributed by atoms with van der Waals surface area (Å²) in [6.07, 6.45) is -0.516. The van der Waals surface area contributed by atoms with Gasteiger partial charge in [-0.25, -0.2) is 0 Å². The molecular formula is C17H26N2O3. The highest BCUT2D eigenvalue weighted by Gasteiger charge is 2.36. The fraction of sp³-hybridized carbons (Fsp3) is 0.647. The van der Waals surface area contributed by atoms with Crippen molar-refractivity contribution >= 4 is 0 Å². The van der Waals surface area contributed by atoms with Gasteiger partial charge in [0.15, 0.2) is 11.5 Å². The van der Waals surface area contributed by atoms with Crippen LogP contribution in [0.4, 0.5) is 0 Å². The number of hydrogen-bond donors (Lipinski definition) is 1. The van der Waals surface area contributed by atoms with Gasteiger partial charge in [0.05, 0.1) is 12.6 Å². The first-order valence-electron chi connectivity index (χ1n) is 8.27. The molecule has 0 saturated carbocycles. The van der Waals surface area contributed by atoms with Crippen molar-refractivity contribution in [2.24, 2.45) is 0 Å². The van der Waals surface area contributed by atoms with Crippen LogP contribution in [0.3, 0.4) is 0 Å². The monoisotopic (exact) mass is 306 g/mol. The lowest BCUT2D eigenvalue weighted by atomic mass is 9.97. The predicted molar refractivity (Wildman–Crippen MR) is 85.5 cm³/mol. The molecular weight excluding hydrogens is 280 g/mol. The van der Waals surface area contributed by atoms with Crippen LogP contribution in [0.25, 0.3) is 0 Å². The second kappa shape index (κ2) is 6.86. The smallest absolute Gasteiger partial charge is 0.167 e. The molecule has 1 fully saturated rings. The Labute approximate surface area is 132 Å². The molecule has 5 nitrogen and oxygen atoms in total. The summed E-state index contributed by atoms with van der Waals surface area (Å²) in [6, 6.07) is 5.79. The van der Waals surface area contributed by atoms with E-state index < -0.39 is 6.10 Å². The molecule has 5 heteroatoms. The molecule has 0 spiro atoms. The van der Waals surface area contributed by atoms with Crippen molar-refractivity contribution in [2.45, 2.75) is 26.0 Å². The maximum Gasteiger partial charge on any atom is 0.167 e. The Balaban J connectivity index is 1.74. The molecule has 1 aromatic carbocycles. The molecule has 0 aromatic heterocycles. The third kappa shape index (κ3) is 2.93. The molecule has 2 unspecified atom stereocenters. The Morgan fingerprint density at radius 2 is 2.00 bits per heavy atom. The second-order valence-corrected chi connectivity index (χ2v) is 5.90. The van der Waals surface area contributed by atoms with E-state index in [1.807, 2.05) is 25.1 Å². The molecule has 0 radical (unpaired) electrons. The third-order valence-corrected chi connectivity index (χ3v) is 4.71. The molecule has 2 atom stereocenters. The molecule has 2 aliphatic heterocycles. The topological polar surface area (TPSA) is 45.2 Å². The first kappa shape index (κ1) is 15.6. The largest absolute Gasteiger partial charge is 0.490 e. The number of aliphatic hydroxyl groups is 1. The highest BCUT2D eigenvalue weighted by atomic mass is 16.5. The number of rotatable bonds is 4. The zero-order valence-electron chi connectivity index (χ0n) is 13.5. The van der Waals surface area contributed by atoms with Crippen molar-refractivity contribution in [3.05, 3.63) is 23.8 Å². The van der Waals surface area contributed by atoms with E-state index in [0.717, 1.165) is 44.0 Å². The number of hydrogen-bond acceptors (Lipinski definition) is 5. The minimum Gasteiger partial charge on any atom is -0.490 e. The van der Waals surface area contributed by atoms with Crippen molar-refractivity contribution < 1.29 is 14.6 Å².